The summed E-state index contributed by atoms with van der Waals surface area (Å²) >= 11 is 3.50. The van der Waals surface area contributed by atoms with Gasteiger partial charge in [0.15, 0.2) is 5.78 Å². The van der Waals surface area contributed by atoms with Crippen LogP contribution in [0.1, 0.15) is 35.3 Å². The first-order valence-electron chi connectivity index (χ1n) is 8.90. The Bertz CT molecular complexity index is 965. The van der Waals surface area contributed by atoms with Gasteiger partial charge in [0.1, 0.15) is 0 Å². The van der Waals surface area contributed by atoms with E-state index in [-0.39, 0.29) is 16.5 Å². The molecule has 1 atom stereocenters. The second kappa shape index (κ2) is 9.16. The maximum Gasteiger partial charge on any atom is 0.195 e. The summed E-state index contributed by atoms with van der Waals surface area (Å²) in [6, 6.07) is 23.8. The Labute approximate surface area is 171 Å². The number of anilines is 1. The summed E-state index contributed by atoms with van der Waals surface area (Å²) in [6.45, 7) is 4.20. The van der Waals surface area contributed by atoms with Crippen molar-refractivity contribution in [3.8, 4) is 0 Å². The number of benzene rings is 3. The highest BCUT2D eigenvalue weighted by Crippen LogP contribution is 2.32. The van der Waals surface area contributed by atoms with E-state index in [4.69, 9.17) is 0 Å². The highest BCUT2D eigenvalue weighted by molar-refractivity contribution is 9.10. The van der Waals surface area contributed by atoms with Gasteiger partial charge in [-0.1, -0.05) is 76.0 Å². The zero-order valence-electron chi connectivity index (χ0n) is 15.4. The van der Waals surface area contributed by atoms with E-state index in [0.29, 0.717) is 11.1 Å². The molecule has 0 heterocycles. The third-order valence-corrected chi connectivity index (χ3v) is 6.49. The minimum atomic E-state index is -0.288. The summed E-state index contributed by atoms with van der Waals surface area (Å²) in [5, 5.41) is 2.14. The molecule has 0 radical (unpaired) electrons. The topological polar surface area (TPSA) is 29.1 Å². The highest BCUT2D eigenvalue weighted by Gasteiger charge is 2.15. The summed E-state index contributed by atoms with van der Waals surface area (Å²) in [7, 11) is -0.288. The maximum absolute atomic E-state index is 13.0. The van der Waals surface area contributed by atoms with Gasteiger partial charge in [0, 0.05) is 20.5 Å². The SMILES string of the molecule is C/C=S(/Nc1ccc(Br)cc1C(=O)c1ccccc1)c1ccc(CC)cc1. The Hall–Kier alpha value is -2.17. The van der Waals surface area contributed by atoms with E-state index < -0.39 is 0 Å². The summed E-state index contributed by atoms with van der Waals surface area (Å²) in [5.74, 6) is 0.0142. The Kier molecular flexibility index (Phi) is 6.64. The van der Waals surface area contributed by atoms with Gasteiger partial charge in [-0.3, -0.25) is 4.79 Å². The van der Waals surface area contributed by atoms with Gasteiger partial charge in [0.05, 0.1) is 5.69 Å². The van der Waals surface area contributed by atoms with Crippen LogP contribution in [0.3, 0.4) is 0 Å². The molecule has 0 aromatic heterocycles. The first kappa shape index (κ1) is 19.6. The molecular formula is C23H22BrNOS. The Morgan fingerprint density at radius 1 is 1.04 bits per heavy atom. The van der Waals surface area contributed by atoms with Crippen molar-refractivity contribution in [1.82, 2.24) is 0 Å². The van der Waals surface area contributed by atoms with Gasteiger partial charge >= 0.3 is 0 Å². The lowest BCUT2D eigenvalue weighted by Crippen LogP contribution is -2.06. The largest absolute Gasteiger partial charge is 0.331 e. The maximum atomic E-state index is 13.0. The first-order chi connectivity index (χ1) is 13.1. The quantitative estimate of drug-likeness (QED) is 0.341. The van der Waals surface area contributed by atoms with Gasteiger partial charge < -0.3 is 4.72 Å². The van der Waals surface area contributed by atoms with Crippen LogP contribution in [-0.2, 0) is 6.42 Å². The van der Waals surface area contributed by atoms with Crippen molar-refractivity contribution in [2.45, 2.75) is 25.2 Å². The second-order valence-corrected chi connectivity index (χ2v) is 8.80. The molecule has 3 aromatic carbocycles. The van der Waals surface area contributed by atoms with E-state index in [1.165, 1.54) is 10.5 Å². The predicted molar refractivity (Wildman–Crippen MR) is 121 cm³/mol. The first-order valence-corrected chi connectivity index (χ1v) is 11.0. The lowest BCUT2D eigenvalue weighted by Gasteiger charge is -2.16. The standard InChI is InChI=1S/C23H22BrNOS/c1-3-17-10-13-20(14-11-17)27(4-2)25-22-15-12-19(24)16-21(22)23(26)18-8-6-5-7-9-18/h4-16,25H,3H2,1-2H3. The van der Waals surface area contributed by atoms with E-state index >= 15 is 0 Å². The number of carbonyl (C=O) groups excluding carboxylic acids is 1. The minimum Gasteiger partial charge on any atom is -0.331 e. The summed E-state index contributed by atoms with van der Waals surface area (Å²) < 4.78 is 4.45. The molecule has 0 saturated carbocycles. The molecule has 2 nitrogen and oxygen atoms in total. The molecule has 138 valence electrons. The van der Waals surface area contributed by atoms with Crippen LogP contribution >= 0.6 is 26.6 Å². The third-order valence-electron chi connectivity index (χ3n) is 4.30. The number of rotatable bonds is 6. The molecule has 0 aliphatic carbocycles. The van der Waals surface area contributed by atoms with E-state index in [1.54, 1.807) is 0 Å². The van der Waals surface area contributed by atoms with Crippen molar-refractivity contribution in [1.29, 1.82) is 0 Å². The Balaban J connectivity index is 1.95. The molecule has 0 saturated heterocycles. The number of hydrogen-bond donors (Lipinski definition) is 1. The van der Waals surface area contributed by atoms with Crippen molar-refractivity contribution in [3.63, 3.8) is 0 Å². The van der Waals surface area contributed by atoms with E-state index in [9.17, 15) is 4.79 Å². The molecule has 0 bridgehead atoms. The fourth-order valence-corrected chi connectivity index (χ4v) is 4.50. The number of nitrogens with one attached hydrogen (secondary N) is 1. The fourth-order valence-electron chi connectivity index (χ4n) is 2.78. The van der Waals surface area contributed by atoms with Gasteiger partial charge in [0.25, 0.3) is 0 Å². The Morgan fingerprint density at radius 3 is 2.37 bits per heavy atom. The van der Waals surface area contributed by atoms with Crippen LogP contribution in [0.25, 0.3) is 0 Å². The van der Waals surface area contributed by atoms with Crippen molar-refractivity contribution < 1.29 is 4.79 Å². The van der Waals surface area contributed by atoms with Gasteiger partial charge in [-0.25, -0.2) is 0 Å². The van der Waals surface area contributed by atoms with Crippen LogP contribution in [0.15, 0.2) is 82.2 Å². The summed E-state index contributed by atoms with van der Waals surface area (Å²) in [4.78, 5) is 14.2. The van der Waals surface area contributed by atoms with E-state index in [1.807, 2.05) is 55.5 Å². The molecule has 0 aliphatic heterocycles. The van der Waals surface area contributed by atoms with Crippen LogP contribution < -0.4 is 4.72 Å². The second-order valence-electron chi connectivity index (χ2n) is 6.06. The van der Waals surface area contributed by atoms with Crippen molar-refractivity contribution in [3.05, 3.63) is 94.0 Å². The lowest BCUT2D eigenvalue weighted by atomic mass is 10.0. The molecule has 1 N–H and O–H groups in total. The van der Waals surface area contributed by atoms with E-state index in [2.05, 4.69) is 57.2 Å². The van der Waals surface area contributed by atoms with Crippen LogP contribution in [0, 0.1) is 0 Å². The zero-order valence-corrected chi connectivity index (χ0v) is 17.8. The number of hydrogen-bond acceptors (Lipinski definition) is 2. The molecular weight excluding hydrogens is 418 g/mol. The molecule has 0 fully saturated rings. The monoisotopic (exact) mass is 439 g/mol. The number of aryl methyl sites for hydroxylation is 1. The molecule has 0 aliphatic rings. The van der Waals surface area contributed by atoms with Crippen LogP contribution in [0.4, 0.5) is 5.69 Å². The van der Waals surface area contributed by atoms with Gasteiger partial charge in [-0.05, 0) is 54.6 Å². The average molecular weight is 440 g/mol. The molecule has 1 unspecified atom stereocenters. The fraction of sp³-hybridized carbons (Fsp3) is 0.130. The Morgan fingerprint density at radius 2 is 1.74 bits per heavy atom. The van der Waals surface area contributed by atoms with E-state index in [0.717, 1.165) is 16.6 Å². The number of halogens is 1. The predicted octanol–water partition coefficient (Wildman–Crippen LogP) is 6.72. The van der Waals surface area contributed by atoms with Crippen molar-refractivity contribution >= 4 is 43.4 Å². The minimum absolute atomic E-state index is 0.0142. The molecule has 4 heteroatoms. The molecule has 0 spiro atoms. The smallest absolute Gasteiger partial charge is 0.195 e. The zero-order chi connectivity index (χ0) is 19.2. The average Bonchev–Trinajstić information content (AvgIpc) is 2.73. The van der Waals surface area contributed by atoms with Gasteiger partial charge in [-0.15, -0.1) is 0 Å². The molecule has 0 amide bonds. The highest BCUT2D eigenvalue weighted by atomic mass is 79.9. The van der Waals surface area contributed by atoms with Crippen molar-refractivity contribution in [2.75, 3.05) is 4.72 Å². The summed E-state index contributed by atoms with van der Waals surface area (Å²) in [5.41, 5.74) is 3.52. The lowest BCUT2D eigenvalue weighted by molar-refractivity contribution is 0.103. The van der Waals surface area contributed by atoms with Crippen molar-refractivity contribution in [2.24, 2.45) is 0 Å². The van der Waals surface area contributed by atoms with Crippen LogP contribution in [0.5, 0.6) is 0 Å². The van der Waals surface area contributed by atoms with Crippen LogP contribution in [0.2, 0.25) is 0 Å². The number of ketones is 1. The van der Waals surface area contributed by atoms with Crippen LogP contribution in [-0.4, -0.2) is 11.2 Å². The third kappa shape index (κ3) is 4.76. The molecule has 27 heavy (non-hydrogen) atoms. The number of carbonyl (C=O) groups is 1. The molecule has 3 rings (SSSR count). The summed E-state index contributed by atoms with van der Waals surface area (Å²) in [6.07, 6.45) is 1.03. The normalized spacial score (nSPS) is 12.0. The molecule has 3 aromatic rings. The van der Waals surface area contributed by atoms with Gasteiger partial charge in [-0.2, -0.15) is 0 Å². The van der Waals surface area contributed by atoms with Gasteiger partial charge in [0.2, 0.25) is 0 Å².